The second-order valence-corrected chi connectivity index (χ2v) is 9.32. The number of piperidine rings is 1. The predicted octanol–water partition coefficient (Wildman–Crippen LogP) is 2.55. The van der Waals surface area contributed by atoms with Crippen molar-refractivity contribution < 1.29 is 13.2 Å². The summed E-state index contributed by atoms with van der Waals surface area (Å²) in [5, 5.41) is 0. The maximum absolute atomic E-state index is 12.8. The number of benzene rings is 1. The van der Waals surface area contributed by atoms with Gasteiger partial charge in [-0.1, -0.05) is 43.2 Å². The molecule has 1 N–H and O–H groups in total. The lowest BCUT2D eigenvalue weighted by Gasteiger charge is -2.33. The van der Waals surface area contributed by atoms with Crippen LogP contribution in [-0.4, -0.2) is 63.6 Å². The quantitative estimate of drug-likeness (QED) is 0.771. The topological polar surface area (TPSA) is 61.9 Å². The van der Waals surface area contributed by atoms with Crippen LogP contribution in [-0.2, 0) is 14.9 Å². The minimum atomic E-state index is -3.46. The van der Waals surface area contributed by atoms with Crippen molar-refractivity contribution in [3.8, 4) is 0 Å². The molecular formula is C20H33N3O3S. The van der Waals surface area contributed by atoms with Crippen molar-refractivity contribution in [1.82, 2.24) is 13.9 Å². The molecule has 2 aliphatic rings. The number of nitrogens with one attached hydrogen (secondary N) is 1. The Labute approximate surface area is 164 Å². The van der Waals surface area contributed by atoms with Crippen LogP contribution in [0, 0.1) is 0 Å². The average Bonchev–Trinajstić information content (AvgIpc) is 2.98. The van der Waals surface area contributed by atoms with Gasteiger partial charge in [-0.2, -0.15) is 12.7 Å². The number of rotatable bonds is 7. The second-order valence-electron chi connectivity index (χ2n) is 7.56. The normalized spacial score (nSPS) is 22.4. The Hall–Kier alpha value is -0.990. The fraction of sp³-hybridized carbons (Fsp3) is 0.700. The molecule has 27 heavy (non-hydrogen) atoms. The fourth-order valence-electron chi connectivity index (χ4n) is 4.12. The van der Waals surface area contributed by atoms with Crippen molar-refractivity contribution in [2.45, 2.75) is 50.7 Å². The Morgan fingerprint density at radius 1 is 1.04 bits per heavy atom. The summed E-state index contributed by atoms with van der Waals surface area (Å²) in [4.78, 5) is 2.45. The summed E-state index contributed by atoms with van der Waals surface area (Å²) in [5.41, 5.74) is 1.18. The molecule has 2 aliphatic heterocycles. The van der Waals surface area contributed by atoms with Crippen molar-refractivity contribution in [2.75, 3.05) is 39.8 Å². The lowest BCUT2D eigenvalue weighted by Crippen LogP contribution is -2.48. The standard InChI is InChI=1S/C20H33N3O3S/c1-26-19-11-15-23(16-12-19)27(24,25)21-17-20(18-9-5-4-6-10-18)22-13-7-2-3-8-14-22/h4-6,9-10,19-21H,2-3,7-8,11-17H2,1H3/t20-/m0/s1. The van der Waals surface area contributed by atoms with Crippen LogP contribution in [0.25, 0.3) is 0 Å². The Kier molecular flexibility index (Phi) is 7.66. The van der Waals surface area contributed by atoms with Crippen molar-refractivity contribution >= 4 is 10.2 Å². The van der Waals surface area contributed by atoms with Crippen LogP contribution in [0.4, 0.5) is 0 Å². The first-order valence-electron chi connectivity index (χ1n) is 10.2. The number of nitrogens with zero attached hydrogens (tertiary/aromatic N) is 2. The van der Waals surface area contributed by atoms with Gasteiger partial charge in [0.1, 0.15) is 0 Å². The molecule has 2 heterocycles. The number of ether oxygens (including phenoxy) is 1. The highest BCUT2D eigenvalue weighted by Crippen LogP contribution is 2.24. The van der Waals surface area contributed by atoms with Gasteiger partial charge in [0.05, 0.1) is 6.10 Å². The smallest absolute Gasteiger partial charge is 0.279 e. The highest BCUT2D eigenvalue weighted by molar-refractivity contribution is 7.87. The molecule has 1 atom stereocenters. The van der Waals surface area contributed by atoms with Crippen molar-refractivity contribution in [3.05, 3.63) is 35.9 Å². The van der Waals surface area contributed by atoms with Crippen molar-refractivity contribution in [1.29, 1.82) is 0 Å². The number of hydrogen-bond acceptors (Lipinski definition) is 4. The van der Waals surface area contributed by atoms with Gasteiger partial charge in [-0.05, 0) is 44.3 Å². The van der Waals surface area contributed by atoms with Gasteiger partial charge in [-0.15, -0.1) is 0 Å². The van der Waals surface area contributed by atoms with Crippen molar-refractivity contribution in [3.63, 3.8) is 0 Å². The van der Waals surface area contributed by atoms with Crippen LogP contribution in [0.5, 0.6) is 0 Å². The highest BCUT2D eigenvalue weighted by Gasteiger charge is 2.29. The molecule has 2 fully saturated rings. The third-order valence-electron chi connectivity index (χ3n) is 5.80. The van der Waals surface area contributed by atoms with E-state index in [2.05, 4.69) is 21.8 Å². The van der Waals surface area contributed by atoms with E-state index in [4.69, 9.17) is 4.74 Å². The van der Waals surface area contributed by atoms with E-state index in [0.717, 1.165) is 25.9 Å². The molecule has 0 aliphatic carbocycles. The van der Waals surface area contributed by atoms with Gasteiger partial charge < -0.3 is 4.74 Å². The summed E-state index contributed by atoms with van der Waals surface area (Å²) >= 11 is 0. The monoisotopic (exact) mass is 395 g/mol. The van der Waals surface area contributed by atoms with E-state index in [1.165, 1.54) is 31.2 Å². The van der Waals surface area contributed by atoms with Gasteiger partial charge >= 0.3 is 0 Å². The summed E-state index contributed by atoms with van der Waals surface area (Å²) in [7, 11) is -1.77. The van der Waals surface area contributed by atoms with E-state index in [9.17, 15) is 8.42 Å². The van der Waals surface area contributed by atoms with E-state index in [1.54, 1.807) is 11.4 Å². The molecule has 0 bridgehead atoms. The molecule has 0 unspecified atom stereocenters. The van der Waals surface area contributed by atoms with E-state index in [-0.39, 0.29) is 12.1 Å². The SMILES string of the molecule is COC1CCN(S(=O)(=O)NC[C@@H](c2ccccc2)N2CCCCCC2)CC1. The van der Waals surface area contributed by atoms with Crippen LogP contribution in [0.2, 0.25) is 0 Å². The summed E-state index contributed by atoms with van der Waals surface area (Å²) in [6.07, 6.45) is 6.57. The number of likely N-dealkylation sites (tertiary alicyclic amines) is 1. The third-order valence-corrected chi connectivity index (χ3v) is 7.38. The predicted molar refractivity (Wildman–Crippen MR) is 108 cm³/mol. The first-order valence-corrected chi connectivity index (χ1v) is 11.6. The van der Waals surface area contributed by atoms with E-state index in [0.29, 0.717) is 19.6 Å². The van der Waals surface area contributed by atoms with Crippen LogP contribution in [0.1, 0.15) is 50.1 Å². The Morgan fingerprint density at radius 3 is 2.26 bits per heavy atom. The fourth-order valence-corrected chi connectivity index (χ4v) is 5.37. The maximum Gasteiger partial charge on any atom is 0.279 e. The lowest BCUT2D eigenvalue weighted by molar-refractivity contribution is 0.0601. The third kappa shape index (κ3) is 5.74. The van der Waals surface area contributed by atoms with Gasteiger partial charge in [0.15, 0.2) is 0 Å². The van der Waals surface area contributed by atoms with Crippen LogP contribution < -0.4 is 4.72 Å². The lowest BCUT2D eigenvalue weighted by atomic mass is 10.1. The molecule has 1 aromatic carbocycles. The zero-order chi connectivity index (χ0) is 19.1. The molecular weight excluding hydrogens is 362 g/mol. The van der Waals surface area contributed by atoms with Crippen molar-refractivity contribution in [2.24, 2.45) is 0 Å². The molecule has 1 aromatic rings. The summed E-state index contributed by atoms with van der Waals surface area (Å²) in [6, 6.07) is 10.4. The van der Waals surface area contributed by atoms with Crippen LogP contribution in [0.15, 0.2) is 30.3 Å². The maximum atomic E-state index is 12.8. The molecule has 0 saturated carbocycles. The Bertz CT molecular complexity index is 652. The summed E-state index contributed by atoms with van der Waals surface area (Å²) in [6.45, 7) is 3.51. The Balaban J connectivity index is 1.66. The highest BCUT2D eigenvalue weighted by atomic mass is 32.2. The zero-order valence-electron chi connectivity index (χ0n) is 16.3. The molecule has 7 heteroatoms. The molecule has 0 aromatic heterocycles. The minimum absolute atomic E-state index is 0.0792. The van der Waals surface area contributed by atoms with Crippen LogP contribution in [0.3, 0.4) is 0 Å². The number of methoxy groups -OCH3 is 1. The summed E-state index contributed by atoms with van der Waals surface area (Å²) < 4.78 is 35.5. The molecule has 152 valence electrons. The van der Waals surface area contributed by atoms with E-state index >= 15 is 0 Å². The van der Waals surface area contributed by atoms with Gasteiger partial charge in [0, 0.05) is 32.8 Å². The molecule has 3 rings (SSSR count). The molecule has 0 radical (unpaired) electrons. The van der Waals surface area contributed by atoms with Gasteiger partial charge in [-0.25, -0.2) is 4.72 Å². The van der Waals surface area contributed by atoms with Gasteiger partial charge in [0.25, 0.3) is 10.2 Å². The van der Waals surface area contributed by atoms with Gasteiger partial charge in [0.2, 0.25) is 0 Å². The molecule has 0 spiro atoms. The van der Waals surface area contributed by atoms with Crippen LogP contribution >= 0.6 is 0 Å². The largest absolute Gasteiger partial charge is 0.381 e. The average molecular weight is 396 g/mol. The second kappa shape index (κ2) is 9.98. The number of hydrogen-bond donors (Lipinski definition) is 1. The molecule has 6 nitrogen and oxygen atoms in total. The summed E-state index contributed by atoms with van der Waals surface area (Å²) in [5.74, 6) is 0. The molecule has 0 amide bonds. The Morgan fingerprint density at radius 2 is 1.67 bits per heavy atom. The molecule has 2 saturated heterocycles. The first kappa shape index (κ1) is 20.7. The van der Waals surface area contributed by atoms with E-state index < -0.39 is 10.2 Å². The zero-order valence-corrected chi connectivity index (χ0v) is 17.2. The first-order chi connectivity index (χ1) is 13.1. The minimum Gasteiger partial charge on any atom is -0.381 e. The van der Waals surface area contributed by atoms with Gasteiger partial charge in [-0.3, -0.25) is 4.90 Å². The van der Waals surface area contributed by atoms with E-state index in [1.807, 2.05) is 18.2 Å².